The molecule has 4 heteroatoms. The number of hydrogen-bond donors (Lipinski definition) is 1. The van der Waals surface area contributed by atoms with Crippen molar-refractivity contribution in [3.63, 3.8) is 0 Å². The molecule has 0 aliphatic carbocycles. The Morgan fingerprint density at radius 3 is 2.61 bits per heavy atom. The molecule has 0 bridgehead atoms. The monoisotopic (exact) mass is 306 g/mol. The Balaban J connectivity index is 2.18. The Labute approximate surface area is 115 Å². The largest absolute Gasteiger partial charge is 0.497 e. The number of pyridine rings is 1. The molecular formula is C14H15BrN2O. The number of methoxy groups -OCH3 is 1. The zero-order chi connectivity index (χ0) is 13.0. The summed E-state index contributed by atoms with van der Waals surface area (Å²) in [5.41, 5.74) is 2.21. The molecule has 1 N–H and O–H groups in total. The number of nitrogens with one attached hydrogen (secondary N) is 1. The molecule has 1 unspecified atom stereocenters. The van der Waals surface area contributed by atoms with Crippen LogP contribution in [0.3, 0.4) is 0 Å². The number of aromatic nitrogens is 1. The lowest BCUT2D eigenvalue weighted by Gasteiger charge is -2.17. The third kappa shape index (κ3) is 3.01. The Morgan fingerprint density at radius 1 is 1.22 bits per heavy atom. The quantitative estimate of drug-likeness (QED) is 0.926. The maximum absolute atomic E-state index is 5.23. The number of anilines is 1. The van der Waals surface area contributed by atoms with E-state index in [0.29, 0.717) is 0 Å². The van der Waals surface area contributed by atoms with Crippen LogP contribution in [-0.2, 0) is 0 Å². The molecule has 2 rings (SSSR count). The van der Waals surface area contributed by atoms with E-state index in [4.69, 9.17) is 4.74 Å². The number of ether oxygens (including phenoxy) is 1. The standard InChI is InChI=1S/C14H15BrN2O/c1-10(11-5-7-16-8-6-11)17-14-9-12(18-2)3-4-13(14)15/h3-10,17H,1-2H3. The lowest BCUT2D eigenvalue weighted by molar-refractivity contribution is 0.415. The summed E-state index contributed by atoms with van der Waals surface area (Å²) < 4.78 is 6.24. The van der Waals surface area contributed by atoms with Crippen LogP contribution in [0.1, 0.15) is 18.5 Å². The van der Waals surface area contributed by atoms with Crippen molar-refractivity contribution in [3.05, 3.63) is 52.8 Å². The molecule has 94 valence electrons. The molecule has 0 fully saturated rings. The molecule has 2 aromatic rings. The molecule has 0 aliphatic heterocycles. The van der Waals surface area contributed by atoms with Gasteiger partial charge in [0.15, 0.2) is 0 Å². The minimum absolute atomic E-state index is 0.205. The van der Waals surface area contributed by atoms with Crippen LogP contribution in [0.4, 0.5) is 5.69 Å². The normalized spacial score (nSPS) is 11.9. The highest BCUT2D eigenvalue weighted by atomic mass is 79.9. The summed E-state index contributed by atoms with van der Waals surface area (Å²) in [6.45, 7) is 2.11. The number of halogens is 1. The highest BCUT2D eigenvalue weighted by Gasteiger charge is 2.08. The predicted molar refractivity (Wildman–Crippen MR) is 77.0 cm³/mol. The third-order valence-corrected chi connectivity index (χ3v) is 3.44. The van der Waals surface area contributed by atoms with Gasteiger partial charge in [-0.2, -0.15) is 0 Å². The van der Waals surface area contributed by atoms with Crippen molar-refractivity contribution in [3.8, 4) is 5.75 Å². The topological polar surface area (TPSA) is 34.1 Å². The molecule has 0 amide bonds. The summed E-state index contributed by atoms with van der Waals surface area (Å²) >= 11 is 3.53. The van der Waals surface area contributed by atoms with E-state index in [9.17, 15) is 0 Å². The molecular weight excluding hydrogens is 292 g/mol. The molecule has 0 radical (unpaired) electrons. The molecule has 0 saturated heterocycles. The van der Waals surface area contributed by atoms with Crippen molar-refractivity contribution < 1.29 is 4.74 Å². The van der Waals surface area contributed by atoms with Gasteiger partial charge in [-0.05, 0) is 52.7 Å². The first-order valence-corrected chi connectivity index (χ1v) is 6.50. The number of rotatable bonds is 4. The molecule has 1 aromatic heterocycles. The third-order valence-electron chi connectivity index (χ3n) is 2.75. The van der Waals surface area contributed by atoms with Crippen molar-refractivity contribution in [1.82, 2.24) is 4.98 Å². The fraction of sp³-hybridized carbons (Fsp3) is 0.214. The van der Waals surface area contributed by atoms with Gasteiger partial charge in [0, 0.05) is 29.0 Å². The first-order valence-electron chi connectivity index (χ1n) is 5.70. The Morgan fingerprint density at radius 2 is 1.94 bits per heavy atom. The summed E-state index contributed by atoms with van der Waals surface area (Å²) in [4.78, 5) is 4.02. The van der Waals surface area contributed by atoms with Gasteiger partial charge in [0.1, 0.15) is 5.75 Å². The van der Waals surface area contributed by atoms with Crippen LogP contribution in [0.15, 0.2) is 47.2 Å². The Hall–Kier alpha value is -1.55. The number of benzene rings is 1. The van der Waals surface area contributed by atoms with E-state index in [0.717, 1.165) is 15.9 Å². The van der Waals surface area contributed by atoms with E-state index >= 15 is 0 Å². The SMILES string of the molecule is COc1ccc(Br)c(NC(C)c2ccncc2)c1. The van der Waals surface area contributed by atoms with E-state index in [2.05, 4.69) is 33.2 Å². The van der Waals surface area contributed by atoms with Crippen molar-refractivity contribution >= 4 is 21.6 Å². The lowest BCUT2D eigenvalue weighted by atomic mass is 10.1. The van der Waals surface area contributed by atoms with E-state index in [-0.39, 0.29) is 6.04 Å². The maximum atomic E-state index is 5.23. The number of nitrogens with zero attached hydrogens (tertiary/aromatic N) is 1. The van der Waals surface area contributed by atoms with Crippen molar-refractivity contribution in [2.24, 2.45) is 0 Å². The molecule has 0 saturated carbocycles. The van der Waals surface area contributed by atoms with Crippen molar-refractivity contribution in [2.75, 3.05) is 12.4 Å². The number of hydrogen-bond acceptors (Lipinski definition) is 3. The van der Waals surface area contributed by atoms with Gasteiger partial charge in [-0.15, -0.1) is 0 Å². The minimum Gasteiger partial charge on any atom is -0.497 e. The average molecular weight is 307 g/mol. The van der Waals surface area contributed by atoms with Gasteiger partial charge >= 0.3 is 0 Å². The predicted octanol–water partition coefficient (Wildman–Crippen LogP) is 4.03. The summed E-state index contributed by atoms with van der Waals surface area (Å²) in [6.07, 6.45) is 3.60. The van der Waals surface area contributed by atoms with Crippen LogP contribution in [0.5, 0.6) is 5.75 Å². The fourth-order valence-corrected chi connectivity index (χ4v) is 2.07. The van der Waals surface area contributed by atoms with Crippen LogP contribution in [0, 0.1) is 0 Å². The van der Waals surface area contributed by atoms with E-state index in [1.807, 2.05) is 30.3 Å². The van der Waals surface area contributed by atoms with Crippen LogP contribution >= 0.6 is 15.9 Å². The Kier molecular flexibility index (Phi) is 4.20. The van der Waals surface area contributed by atoms with E-state index < -0.39 is 0 Å². The van der Waals surface area contributed by atoms with Crippen molar-refractivity contribution in [2.45, 2.75) is 13.0 Å². The molecule has 1 heterocycles. The summed E-state index contributed by atoms with van der Waals surface area (Å²) in [5, 5.41) is 3.45. The molecule has 18 heavy (non-hydrogen) atoms. The van der Waals surface area contributed by atoms with Gasteiger partial charge in [0.05, 0.1) is 12.8 Å². The van der Waals surface area contributed by atoms with Crippen LogP contribution in [0.2, 0.25) is 0 Å². The molecule has 3 nitrogen and oxygen atoms in total. The van der Waals surface area contributed by atoms with Gasteiger partial charge in [-0.25, -0.2) is 0 Å². The summed E-state index contributed by atoms with van der Waals surface area (Å²) in [6, 6.07) is 10.1. The summed E-state index contributed by atoms with van der Waals surface area (Å²) in [5.74, 6) is 0.836. The zero-order valence-corrected chi connectivity index (χ0v) is 11.9. The van der Waals surface area contributed by atoms with Gasteiger partial charge < -0.3 is 10.1 Å². The van der Waals surface area contributed by atoms with Gasteiger partial charge in [0.2, 0.25) is 0 Å². The lowest BCUT2D eigenvalue weighted by Crippen LogP contribution is -2.07. The summed E-state index contributed by atoms with van der Waals surface area (Å²) in [7, 11) is 1.67. The highest BCUT2D eigenvalue weighted by molar-refractivity contribution is 9.10. The van der Waals surface area contributed by atoms with E-state index in [1.165, 1.54) is 5.56 Å². The molecule has 0 aliphatic rings. The van der Waals surface area contributed by atoms with E-state index in [1.54, 1.807) is 19.5 Å². The molecule has 1 aromatic carbocycles. The second-order valence-electron chi connectivity index (χ2n) is 3.99. The smallest absolute Gasteiger partial charge is 0.121 e. The van der Waals surface area contributed by atoms with Crippen LogP contribution < -0.4 is 10.1 Å². The van der Waals surface area contributed by atoms with Gasteiger partial charge in [-0.3, -0.25) is 4.98 Å². The molecule has 1 atom stereocenters. The van der Waals surface area contributed by atoms with Gasteiger partial charge in [-0.1, -0.05) is 0 Å². The second kappa shape index (κ2) is 5.87. The molecule has 0 spiro atoms. The van der Waals surface area contributed by atoms with Crippen molar-refractivity contribution in [1.29, 1.82) is 0 Å². The average Bonchev–Trinajstić information content (AvgIpc) is 2.42. The fourth-order valence-electron chi connectivity index (χ4n) is 1.71. The first-order chi connectivity index (χ1) is 8.70. The minimum atomic E-state index is 0.205. The maximum Gasteiger partial charge on any atom is 0.121 e. The first kappa shape index (κ1) is 12.9. The van der Waals surface area contributed by atoms with Crippen LogP contribution in [0.25, 0.3) is 0 Å². The van der Waals surface area contributed by atoms with Gasteiger partial charge in [0.25, 0.3) is 0 Å². The van der Waals surface area contributed by atoms with Crippen LogP contribution in [-0.4, -0.2) is 12.1 Å². The highest BCUT2D eigenvalue weighted by Crippen LogP contribution is 2.30. The Bertz CT molecular complexity index is 516. The zero-order valence-electron chi connectivity index (χ0n) is 10.4. The second-order valence-corrected chi connectivity index (χ2v) is 4.85.